The average Bonchev–Trinajstić information content (AvgIpc) is 3.03. The quantitative estimate of drug-likeness (QED) is 0.457. The molecule has 0 saturated carbocycles. The van der Waals surface area contributed by atoms with Crippen molar-refractivity contribution in [1.82, 2.24) is 4.98 Å². The highest BCUT2D eigenvalue weighted by atomic mass is 16.5. The van der Waals surface area contributed by atoms with Crippen LogP contribution in [0.25, 0.3) is 22.0 Å². The van der Waals surface area contributed by atoms with Gasteiger partial charge in [-0.15, -0.1) is 0 Å². The van der Waals surface area contributed by atoms with Crippen LogP contribution in [-0.2, 0) is 13.6 Å². The number of aryl methyl sites for hydroxylation is 2. The second-order valence-electron chi connectivity index (χ2n) is 7.47. The first-order valence-electron chi connectivity index (χ1n) is 10.0. The Morgan fingerprint density at radius 2 is 1.84 bits per heavy atom. The fourth-order valence-corrected chi connectivity index (χ4v) is 3.85. The number of hydrogen-bond acceptors (Lipinski definition) is 6. The number of aromatic nitrogens is 2. The molecule has 2 heterocycles. The van der Waals surface area contributed by atoms with Crippen LogP contribution < -0.4 is 25.3 Å². The fourth-order valence-electron chi connectivity index (χ4n) is 3.85. The van der Waals surface area contributed by atoms with E-state index in [9.17, 15) is 0 Å². The van der Waals surface area contributed by atoms with Gasteiger partial charge in [-0.2, -0.15) is 0 Å². The van der Waals surface area contributed by atoms with E-state index >= 15 is 0 Å². The van der Waals surface area contributed by atoms with Gasteiger partial charge >= 0.3 is 0 Å². The molecule has 0 aliphatic carbocycles. The second-order valence-corrected chi connectivity index (χ2v) is 7.47. The number of nitrogens with zero attached hydrogens (tertiary/aromatic N) is 2. The topological polar surface area (TPSA) is 86.4 Å². The molecular formula is C24H27N4O3+. The van der Waals surface area contributed by atoms with E-state index in [1.54, 1.807) is 25.2 Å². The number of nitrogens with one attached hydrogen (secondary N) is 1. The summed E-state index contributed by atoms with van der Waals surface area (Å²) in [6.45, 7) is 4.59. The molecule has 0 radical (unpaired) electrons. The Kier molecular flexibility index (Phi) is 5.42. The number of hydrogen-bond donors (Lipinski definition) is 2. The van der Waals surface area contributed by atoms with Crippen molar-refractivity contribution in [1.29, 1.82) is 0 Å². The summed E-state index contributed by atoms with van der Waals surface area (Å²) in [5, 5.41) is 4.36. The summed E-state index contributed by atoms with van der Waals surface area (Å²) < 4.78 is 18.5. The third-order valence-corrected chi connectivity index (χ3v) is 5.58. The van der Waals surface area contributed by atoms with E-state index in [0.717, 1.165) is 56.2 Å². The van der Waals surface area contributed by atoms with Crippen LogP contribution in [0.2, 0.25) is 0 Å². The van der Waals surface area contributed by atoms with Gasteiger partial charge in [0.25, 0.3) is 0 Å². The molecule has 0 saturated heterocycles. The number of fused-ring (bicyclic) bond motifs is 1. The Labute approximate surface area is 181 Å². The monoisotopic (exact) mass is 419 g/mol. The molecule has 4 aromatic rings. The molecule has 0 amide bonds. The van der Waals surface area contributed by atoms with Gasteiger partial charge in [-0.25, -0.2) is 4.52 Å². The molecule has 160 valence electrons. The minimum atomic E-state index is 0.581. The summed E-state index contributed by atoms with van der Waals surface area (Å²) in [6, 6.07) is 11.9. The highest BCUT2D eigenvalue weighted by Gasteiger charge is 2.24. The van der Waals surface area contributed by atoms with Crippen molar-refractivity contribution in [2.75, 3.05) is 25.3 Å². The molecule has 2 aromatic heterocycles. The molecule has 0 fully saturated rings. The van der Waals surface area contributed by atoms with Gasteiger partial charge in [0.05, 0.1) is 37.3 Å². The van der Waals surface area contributed by atoms with Gasteiger partial charge in [0.15, 0.2) is 12.8 Å². The fraction of sp³-hybridized carbons (Fsp3) is 0.250. The Balaban J connectivity index is 1.77. The van der Waals surface area contributed by atoms with E-state index in [4.69, 9.17) is 19.7 Å². The van der Waals surface area contributed by atoms with Gasteiger partial charge < -0.3 is 20.5 Å². The number of anilines is 2. The zero-order valence-electron chi connectivity index (χ0n) is 18.4. The predicted octanol–water partition coefficient (Wildman–Crippen LogP) is 4.15. The van der Waals surface area contributed by atoms with Crippen LogP contribution in [0.4, 0.5) is 11.4 Å². The molecule has 7 heteroatoms. The number of pyridine rings is 1. The normalized spacial score (nSPS) is 11.0. The number of nitrogen functional groups attached to an aromatic ring is 1. The lowest BCUT2D eigenvalue weighted by Crippen LogP contribution is -2.27. The number of nitrogens with two attached hydrogens (primary N) is 1. The second kappa shape index (κ2) is 8.18. The van der Waals surface area contributed by atoms with E-state index in [1.165, 1.54) is 0 Å². The van der Waals surface area contributed by atoms with Crippen LogP contribution >= 0.6 is 0 Å². The summed E-state index contributed by atoms with van der Waals surface area (Å²) in [5.41, 5.74) is 12.6. The van der Waals surface area contributed by atoms with Crippen molar-refractivity contribution in [3.05, 3.63) is 59.6 Å². The third-order valence-electron chi connectivity index (χ3n) is 5.58. The molecule has 2 aromatic carbocycles. The smallest absolute Gasteiger partial charge is 0.236 e. The largest absolute Gasteiger partial charge is 0.497 e. The number of benzene rings is 2. The molecule has 0 aliphatic heterocycles. The van der Waals surface area contributed by atoms with Gasteiger partial charge in [-0.3, -0.25) is 4.98 Å². The number of rotatable bonds is 6. The Bertz CT molecular complexity index is 1250. The highest BCUT2D eigenvalue weighted by molar-refractivity contribution is 6.00. The number of ether oxygens (including phenoxy) is 2. The molecule has 3 N–H and O–H groups in total. The lowest BCUT2D eigenvalue weighted by molar-refractivity contribution is -0.850. The van der Waals surface area contributed by atoms with Crippen molar-refractivity contribution in [2.45, 2.75) is 20.4 Å². The molecule has 0 aliphatic rings. The Hall–Kier alpha value is -3.74. The number of methoxy groups -OCH3 is 2. The standard InChI is InChI=1S/C24H27N4O3/c1-14-23(15(2)31-28(14)3)19-10-21-18(11-22(19)30-5)24(20(25)13-26-21)27-12-16-6-8-17(29-4)9-7-16/h6-11,13H,12,25H2,1-5H3,(H,26,27)/q+1. The zero-order chi connectivity index (χ0) is 22.1. The predicted molar refractivity (Wildman–Crippen MR) is 121 cm³/mol. The van der Waals surface area contributed by atoms with Gasteiger partial charge in [-0.1, -0.05) is 12.1 Å². The summed E-state index contributed by atoms with van der Waals surface area (Å²) in [5.74, 6) is 2.39. The molecular weight excluding hydrogens is 392 g/mol. The minimum absolute atomic E-state index is 0.581. The van der Waals surface area contributed by atoms with Crippen LogP contribution in [-0.4, -0.2) is 19.2 Å². The Morgan fingerprint density at radius 3 is 2.45 bits per heavy atom. The van der Waals surface area contributed by atoms with Gasteiger partial charge in [0.2, 0.25) is 5.69 Å². The molecule has 4 rings (SSSR count). The molecule has 7 nitrogen and oxygen atoms in total. The SMILES string of the molecule is COc1ccc(CNc2c(N)cnc3cc(-c4c(C)o[n+](C)c4C)c(OC)cc23)cc1. The van der Waals surface area contributed by atoms with Crippen LogP contribution in [0, 0.1) is 13.8 Å². The maximum atomic E-state index is 6.28. The average molecular weight is 420 g/mol. The first-order chi connectivity index (χ1) is 14.9. The highest BCUT2D eigenvalue weighted by Crippen LogP contribution is 2.39. The van der Waals surface area contributed by atoms with Crippen LogP contribution in [0.5, 0.6) is 11.5 Å². The molecule has 0 spiro atoms. The summed E-state index contributed by atoms with van der Waals surface area (Å²) in [7, 11) is 5.21. The first-order valence-corrected chi connectivity index (χ1v) is 10.0. The van der Waals surface area contributed by atoms with Crippen molar-refractivity contribution in [3.8, 4) is 22.6 Å². The summed E-state index contributed by atoms with van der Waals surface area (Å²) in [6.07, 6.45) is 1.68. The molecule has 31 heavy (non-hydrogen) atoms. The molecule has 0 atom stereocenters. The minimum Gasteiger partial charge on any atom is -0.497 e. The van der Waals surface area contributed by atoms with Crippen molar-refractivity contribution in [2.24, 2.45) is 7.05 Å². The van der Waals surface area contributed by atoms with E-state index < -0.39 is 0 Å². The van der Waals surface area contributed by atoms with E-state index in [0.29, 0.717) is 12.2 Å². The van der Waals surface area contributed by atoms with Crippen LogP contribution in [0.1, 0.15) is 17.0 Å². The van der Waals surface area contributed by atoms with Crippen molar-refractivity contribution >= 4 is 22.3 Å². The maximum absolute atomic E-state index is 6.28. The van der Waals surface area contributed by atoms with Crippen molar-refractivity contribution < 1.29 is 18.7 Å². The molecule has 0 bridgehead atoms. The summed E-state index contributed by atoms with van der Waals surface area (Å²) >= 11 is 0. The lowest BCUT2D eigenvalue weighted by atomic mass is 10.00. The Morgan fingerprint density at radius 1 is 1.10 bits per heavy atom. The third kappa shape index (κ3) is 3.74. The lowest BCUT2D eigenvalue weighted by Gasteiger charge is -2.15. The van der Waals surface area contributed by atoms with Crippen molar-refractivity contribution in [3.63, 3.8) is 0 Å². The van der Waals surface area contributed by atoms with Gasteiger partial charge in [0.1, 0.15) is 17.1 Å². The zero-order valence-corrected chi connectivity index (χ0v) is 18.4. The van der Waals surface area contributed by atoms with Crippen LogP contribution in [0.15, 0.2) is 47.1 Å². The van der Waals surface area contributed by atoms with E-state index in [2.05, 4.69) is 10.3 Å². The van der Waals surface area contributed by atoms with Gasteiger partial charge in [0, 0.05) is 31.3 Å². The summed E-state index contributed by atoms with van der Waals surface area (Å²) in [4.78, 5) is 4.57. The first kappa shape index (κ1) is 20.5. The van der Waals surface area contributed by atoms with E-state index in [-0.39, 0.29) is 0 Å². The van der Waals surface area contributed by atoms with Gasteiger partial charge in [-0.05, 0) is 34.6 Å². The van der Waals surface area contributed by atoms with Crippen LogP contribution in [0.3, 0.4) is 0 Å². The van der Waals surface area contributed by atoms with E-state index in [1.807, 2.05) is 57.3 Å². The molecule has 0 unspecified atom stereocenters. The maximum Gasteiger partial charge on any atom is 0.236 e.